The summed E-state index contributed by atoms with van der Waals surface area (Å²) in [7, 11) is 2.08. The van der Waals surface area contributed by atoms with Crippen molar-refractivity contribution in [3.05, 3.63) is 0 Å². The monoisotopic (exact) mass is 300 g/mol. The number of thioether (sulfide) groups is 1. The van der Waals surface area contributed by atoms with Crippen LogP contribution in [0.15, 0.2) is 0 Å². The Balaban J connectivity index is 1.63. The van der Waals surface area contributed by atoms with Crippen molar-refractivity contribution < 1.29 is 9.53 Å². The van der Waals surface area contributed by atoms with Gasteiger partial charge in [0.1, 0.15) is 0 Å². The van der Waals surface area contributed by atoms with Gasteiger partial charge in [0.25, 0.3) is 0 Å². The SMILES string of the molecule is CCS[C@@H]1CC[C@@H](N(C)CC(=O)NC[C@H]2CCCO2)C1. The summed E-state index contributed by atoms with van der Waals surface area (Å²) in [6, 6.07) is 0.576. The Labute approximate surface area is 127 Å². The van der Waals surface area contributed by atoms with Crippen molar-refractivity contribution in [2.24, 2.45) is 0 Å². The lowest BCUT2D eigenvalue weighted by Crippen LogP contribution is -2.41. The van der Waals surface area contributed by atoms with E-state index in [4.69, 9.17) is 4.74 Å². The van der Waals surface area contributed by atoms with Crippen LogP contribution in [0.1, 0.15) is 39.0 Å². The molecule has 20 heavy (non-hydrogen) atoms. The first-order valence-corrected chi connectivity index (χ1v) is 8.94. The van der Waals surface area contributed by atoms with Crippen LogP contribution in [0.2, 0.25) is 0 Å². The van der Waals surface area contributed by atoms with Crippen molar-refractivity contribution in [3.8, 4) is 0 Å². The number of hydrogen-bond acceptors (Lipinski definition) is 4. The van der Waals surface area contributed by atoms with Gasteiger partial charge in [0, 0.05) is 24.4 Å². The van der Waals surface area contributed by atoms with E-state index >= 15 is 0 Å². The highest BCUT2D eigenvalue weighted by molar-refractivity contribution is 7.99. The third kappa shape index (κ3) is 4.93. The Morgan fingerprint density at radius 1 is 1.40 bits per heavy atom. The molecule has 3 atom stereocenters. The van der Waals surface area contributed by atoms with E-state index in [0.717, 1.165) is 24.7 Å². The van der Waals surface area contributed by atoms with E-state index in [1.54, 1.807) is 0 Å². The van der Waals surface area contributed by atoms with Gasteiger partial charge in [-0.2, -0.15) is 11.8 Å². The minimum Gasteiger partial charge on any atom is -0.376 e. The van der Waals surface area contributed by atoms with Gasteiger partial charge in [-0.25, -0.2) is 0 Å². The Morgan fingerprint density at radius 3 is 2.95 bits per heavy atom. The van der Waals surface area contributed by atoms with Gasteiger partial charge in [-0.15, -0.1) is 0 Å². The molecule has 0 aromatic rings. The van der Waals surface area contributed by atoms with Gasteiger partial charge in [0.15, 0.2) is 0 Å². The van der Waals surface area contributed by atoms with E-state index in [9.17, 15) is 4.79 Å². The second-order valence-electron chi connectivity index (χ2n) is 5.90. The van der Waals surface area contributed by atoms with Gasteiger partial charge in [0.2, 0.25) is 5.91 Å². The zero-order valence-corrected chi connectivity index (χ0v) is 13.6. The Bertz CT molecular complexity index is 308. The van der Waals surface area contributed by atoms with Crippen LogP contribution in [0.4, 0.5) is 0 Å². The van der Waals surface area contributed by atoms with Crippen molar-refractivity contribution in [1.29, 1.82) is 0 Å². The van der Waals surface area contributed by atoms with E-state index < -0.39 is 0 Å². The number of carbonyl (C=O) groups excluding carboxylic acids is 1. The Kier molecular flexibility index (Phi) is 6.65. The topological polar surface area (TPSA) is 41.6 Å². The zero-order valence-electron chi connectivity index (χ0n) is 12.8. The lowest BCUT2D eigenvalue weighted by Gasteiger charge is -2.24. The molecule has 5 heteroatoms. The van der Waals surface area contributed by atoms with E-state index in [-0.39, 0.29) is 12.0 Å². The summed E-state index contributed by atoms with van der Waals surface area (Å²) in [6.07, 6.45) is 6.20. The molecule has 1 heterocycles. The van der Waals surface area contributed by atoms with E-state index in [1.165, 1.54) is 25.0 Å². The summed E-state index contributed by atoms with van der Waals surface area (Å²) < 4.78 is 5.52. The molecule has 0 aromatic carbocycles. The van der Waals surface area contributed by atoms with Gasteiger partial charge < -0.3 is 10.1 Å². The maximum Gasteiger partial charge on any atom is 0.234 e. The van der Waals surface area contributed by atoms with Crippen molar-refractivity contribution in [2.75, 3.05) is 32.5 Å². The molecule has 2 rings (SSSR count). The highest BCUT2D eigenvalue weighted by Crippen LogP contribution is 2.31. The molecule has 4 nitrogen and oxygen atoms in total. The zero-order chi connectivity index (χ0) is 14.4. The predicted molar refractivity (Wildman–Crippen MR) is 84.2 cm³/mol. The number of ether oxygens (including phenoxy) is 1. The van der Waals surface area contributed by atoms with E-state index in [0.29, 0.717) is 19.1 Å². The molecule has 0 radical (unpaired) electrons. The van der Waals surface area contributed by atoms with Crippen LogP contribution < -0.4 is 5.32 Å². The highest BCUT2D eigenvalue weighted by atomic mass is 32.2. The maximum absolute atomic E-state index is 12.0. The van der Waals surface area contributed by atoms with Gasteiger partial charge in [-0.1, -0.05) is 6.92 Å². The summed E-state index contributed by atoms with van der Waals surface area (Å²) in [6.45, 7) is 4.26. The van der Waals surface area contributed by atoms with Gasteiger partial charge >= 0.3 is 0 Å². The second kappa shape index (κ2) is 8.25. The number of amides is 1. The number of nitrogens with one attached hydrogen (secondary N) is 1. The summed E-state index contributed by atoms with van der Waals surface area (Å²) in [4.78, 5) is 14.2. The van der Waals surface area contributed by atoms with Crippen LogP contribution >= 0.6 is 11.8 Å². The van der Waals surface area contributed by atoms with Crippen LogP contribution in [0.3, 0.4) is 0 Å². The number of likely N-dealkylation sites (N-methyl/N-ethyl adjacent to an activating group) is 1. The molecule has 0 aromatic heterocycles. The quantitative estimate of drug-likeness (QED) is 0.779. The predicted octanol–water partition coefficient (Wildman–Crippen LogP) is 1.89. The summed E-state index contributed by atoms with van der Waals surface area (Å²) in [5.74, 6) is 1.33. The first kappa shape index (κ1) is 16.1. The highest BCUT2D eigenvalue weighted by Gasteiger charge is 2.28. The number of hydrogen-bond donors (Lipinski definition) is 1. The van der Waals surface area contributed by atoms with E-state index in [2.05, 4.69) is 35.9 Å². The fourth-order valence-electron chi connectivity index (χ4n) is 3.15. The van der Waals surface area contributed by atoms with Crippen LogP contribution in [-0.4, -0.2) is 60.7 Å². The summed E-state index contributed by atoms with van der Waals surface area (Å²) in [5.41, 5.74) is 0. The first-order chi connectivity index (χ1) is 9.69. The second-order valence-corrected chi connectivity index (χ2v) is 7.48. The first-order valence-electron chi connectivity index (χ1n) is 7.89. The van der Waals surface area contributed by atoms with Crippen LogP contribution in [0.5, 0.6) is 0 Å². The molecule has 2 fully saturated rings. The molecule has 1 amide bonds. The van der Waals surface area contributed by atoms with Crippen molar-refractivity contribution in [2.45, 2.75) is 56.4 Å². The molecule has 0 bridgehead atoms. The summed E-state index contributed by atoms with van der Waals surface area (Å²) in [5, 5.41) is 3.80. The average Bonchev–Trinajstić information content (AvgIpc) is 3.08. The number of rotatable bonds is 7. The molecule has 116 valence electrons. The lowest BCUT2D eigenvalue weighted by atomic mass is 10.2. The fraction of sp³-hybridized carbons (Fsp3) is 0.933. The average molecular weight is 300 g/mol. The lowest BCUT2D eigenvalue weighted by molar-refractivity contribution is -0.122. The number of nitrogens with zero attached hydrogens (tertiary/aromatic N) is 1. The molecular formula is C15H28N2O2S. The molecule has 1 aliphatic heterocycles. The van der Waals surface area contributed by atoms with Crippen LogP contribution in [0, 0.1) is 0 Å². The number of carbonyl (C=O) groups is 1. The molecule has 1 saturated carbocycles. The standard InChI is InChI=1S/C15H28N2O2S/c1-3-20-14-7-6-12(9-14)17(2)11-15(18)16-10-13-5-4-8-19-13/h12-14H,3-11H2,1-2H3,(H,16,18)/t12-,13-,14-/m1/s1. The van der Waals surface area contributed by atoms with Gasteiger partial charge in [0.05, 0.1) is 12.6 Å². The Morgan fingerprint density at radius 2 is 2.25 bits per heavy atom. The van der Waals surface area contributed by atoms with Gasteiger partial charge in [-0.05, 0) is 44.9 Å². The van der Waals surface area contributed by atoms with E-state index in [1.807, 2.05) is 0 Å². The third-order valence-corrected chi connectivity index (χ3v) is 5.56. The maximum atomic E-state index is 12.0. The minimum atomic E-state index is 0.134. The normalized spacial score (nSPS) is 30.1. The molecular weight excluding hydrogens is 272 g/mol. The molecule has 1 saturated heterocycles. The van der Waals surface area contributed by atoms with Gasteiger partial charge in [-0.3, -0.25) is 9.69 Å². The van der Waals surface area contributed by atoms with Crippen molar-refractivity contribution >= 4 is 17.7 Å². The van der Waals surface area contributed by atoms with Crippen LogP contribution in [-0.2, 0) is 9.53 Å². The largest absolute Gasteiger partial charge is 0.376 e. The molecule has 2 aliphatic rings. The molecule has 1 N–H and O–H groups in total. The van der Waals surface area contributed by atoms with Crippen LogP contribution in [0.25, 0.3) is 0 Å². The van der Waals surface area contributed by atoms with Crippen molar-refractivity contribution in [1.82, 2.24) is 10.2 Å². The molecule has 0 unspecified atom stereocenters. The summed E-state index contributed by atoms with van der Waals surface area (Å²) >= 11 is 2.06. The molecule has 1 aliphatic carbocycles. The third-order valence-electron chi connectivity index (χ3n) is 4.33. The fourth-order valence-corrected chi connectivity index (χ4v) is 4.28. The Hall–Kier alpha value is -0.260. The van der Waals surface area contributed by atoms with Crippen molar-refractivity contribution in [3.63, 3.8) is 0 Å². The smallest absolute Gasteiger partial charge is 0.234 e. The minimum absolute atomic E-state index is 0.134. The molecule has 0 spiro atoms.